The van der Waals surface area contributed by atoms with Crippen LogP contribution >= 0.6 is 7.60 Å². The summed E-state index contributed by atoms with van der Waals surface area (Å²) in [6, 6.07) is 0. The number of esters is 1. The molecule has 0 saturated carbocycles. The lowest BCUT2D eigenvalue weighted by Crippen LogP contribution is -2.12. The van der Waals surface area contributed by atoms with Gasteiger partial charge in [0.2, 0.25) is 0 Å². The molecule has 0 aromatic carbocycles. The molecule has 0 atom stereocenters. The first-order chi connectivity index (χ1) is 13.4. The van der Waals surface area contributed by atoms with E-state index in [9.17, 15) is 9.36 Å². The number of rotatable bonds is 20. The summed E-state index contributed by atoms with van der Waals surface area (Å²) in [6.07, 6.45) is 13.8. The number of ether oxygens (including phenoxy) is 1. The highest BCUT2D eigenvalue weighted by molar-refractivity contribution is 7.53. The molecule has 0 fully saturated rings. The molecule has 0 aromatic heterocycles. The summed E-state index contributed by atoms with van der Waals surface area (Å²) in [5, 5.41) is 0. The molecule has 0 aromatic rings. The lowest BCUT2D eigenvalue weighted by Gasteiger charge is -2.19. The Bertz CT molecular complexity index is 428. The molecule has 6 heteroatoms. The molecule has 0 radical (unpaired) electrons. The SMILES string of the molecule is C=C(C)C(=O)OCCP(=O)(OCCCCCCCC)OCCCCCCCC. The van der Waals surface area contributed by atoms with E-state index >= 15 is 0 Å². The Morgan fingerprint density at radius 2 is 1.18 bits per heavy atom. The van der Waals surface area contributed by atoms with Crippen molar-refractivity contribution < 1.29 is 23.1 Å². The van der Waals surface area contributed by atoms with Crippen LogP contribution in [0.5, 0.6) is 0 Å². The van der Waals surface area contributed by atoms with Crippen LogP contribution in [0.3, 0.4) is 0 Å². The average molecular weight is 419 g/mol. The Morgan fingerprint density at radius 3 is 1.61 bits per heavy atom. The zero-order chi connectivity index (χ0) is 21.1. The van der Waals surface area contributed by atoms with Gasteiger partial charge in [0, 0.05) is 5.57 Å². The van der Waals surface area contributed by atoms with Crippen molar-refractivity contribution in [2.24, 2.45) is 0 Å². The van der Waals surface area contributed by atoms with E-state index in [0.717, 1.165) is 25.7 Å². The van der Waals surface area contributed by atoms with Gasteiger partial charge in [-0.15, -0.1) is 0 Å². The summed E-state index contributed by atoms with van der Waals surface area (Å²) >= 11 is 0. The predicted octanol–water partition coefficient (Wildman–Crippen LogP) is 7.05. The Hall–Kier alpha value is -0.640. The molecule has 0 aliphatic rings. The normalized spacial score (nSPS) is 11.5. The molecule has 0 aliphatic heterocycles. The second-order valence-corrected chi connectivity index (χ2v) is 9.64. The lowest BCUT2D eigenvalue weighted by molar-refractivity contribution is -0.138. The zero-order valence-corrected chi connectivity index (χ0v) is 19.4. The summed E-state index contributed by atoms with van der Waals surface area (Å²) in [6.45, 7) is 10.4. The Morgan fingerprint density at radius 1 is 0.750 bits per heavy atom. The minimum Gasteiger partial charge on any atom is -0.462 e. The van der Waals surface area contributed by atoms with E-state index in [1.807, 2.05) is 0 Å². The highest BCUT2D eigenvalue weighted by Crippen LogP contribution is 2.48. The van der Waals surface area contributed by atoms with Crippen molar-refractivity contribution in [1.29, 1.82) is 0 Å². The largest absolute Gasteiger partial charge is 0.462 e. The second-order valence-electron chi connectivity index (χ2n) is 7.45. The lowest BCUT2D eigenvalue weighted by atomic mass is 10.1. The van der Waals surface area contributed by atoms with Crippen LogP contribution in [0.15, 0.2) is 12.2 Å². The van der Waals surface area contributed by atoms with Gasteiger partial charge >= 0.3 is 13.6 Å². The highest BCUT2D eigenvalue weighted by atomic mass is 31.2. The minimum atomic E-state index is -3.24. The van der Waals surface area contributed by atoms with E-state index in [-0.39, 0.29) is 12.8 Å². The molecule has 0 amide bonds. The van der Waals surface area contributed by atoms with Gasteiger partial charge in [-0.2, -0.15) is 0 Å². The Labute approximate surface area is 173 Å². The molecule has 5 nitrogen and oxygen atoms in total. The van der Waals surface area contributed by atoms with Gasteiger partial charge in [-0.3, -0.25) is 4.57 Å². The number of carbonyl (C=O) groups is 1. The summed E-state index contributed by atoms with van der Waals surface area (Å²) in [5.41, 5.74) is 0.329. The predicted molar refractivity (Wildman–Crippen MR) is 117 cm³/mol. The first kappa shape index (κ1) is 27.4. The van der Waals surface area contributed by atoms with Crippen molar-refractivity contribution in [3.63, 3.8) is 0 Å². The topological polar surface area (TPSA) is 61.8 Å². The third kappa shape index (κ3) is 16.3. The van der Waals surface area contributed by atoms with Crippen LogP contribution in [0.1, 0.15) is 97.8 Å². The van der Waals surface area contributed by atoms with Crippen molar-refractivity contribution in [2.45, 2.75) is 97.8 Å². The smallest absolute Gasteiger partial charge is 0.334 e. The minimum absolute atomic E-state index is 0.0238. The number of carbonyl (C=O) groups excluding carboxylic acids is 1. The number of hydrogen-bond donors (Lipinski definition) is 0. The Kier molecular flexibility index (Phi) is 18.0. The monoisotopic (exact) mass is 418 g/mol. The summed E-state index contributed by atoms with van der Waals surface area (Å²) in [4.78, 5) is 11.5. The van der Waals surface area contributed by atoms with Crippen molar-refractivity contribution in [3.05, 3.63) is 12.2 Å². The molecule has 0 saturated heterocycles. The van der Waals surface area contributed by atoms with Gasteiger partial charge in [0.15, 0.2) is 0 Å². The second kappa shape index (κ2) is 18.4. The van der Waals surface area contributed by atoms with E-state index in [0.29, 0.717) is 18.8 Å². The zero-order valence-electron chi connectivity index (χ0n) is 18.5. The van der Waals surface area contributed by atoms with Crippen molar-refractivity contribution in [2.75, 3.05) is 26.0 Å². The van der Waals surface area contributed by atoms with Gasteiger partial charge in [-0.25, -0.2) is 4.79 Å². The summed E-state index contributed by atoms with van der Waals surface area (Å²) in [7, 11) is -3.24. The fourth-order valence-electron chi connectivity index (χ4n) is 2.71. The molecule has 0 bridgehead atoms. The van der Waals surface area contributed by atoms with Crippen LogP contribution in [-0.4, -0.2) is 32.0 Å². The molecule has 28 heavy (non-hydrogen) atoms. The fraction of sp³-hybridized carbons (Fsp3) is 0.864. The molecule has 0 unspecified atom stereocenters. The number of unbranched alkanes of at least 4 members (excludes halogenated alkanes) is 10. The first-order valence-corrected chi connectivity index (χ1v) is 12.9. The maximum absolute atomic E-state index is 13.0. The molecule has 0 spiro atoms. The van der Waals surface area contributed by atoms with E-state index in [1.54, 1.807) is 6.92 Å². The maximum Gasteiger partial charge on any atom is 0.334 e. The van der Waals surface area contributed by atoms with Crippen LogP contribution < -0.4 is 0 Å². The van der Waals surface area contributed by atoms with Gasteiger partial charge in [0.05, 0.1) is 19.4 Å². The van der Waals surface area contributed by atoms with Crippen molar-refractivity contribution in [1.82, 2.24) is 0 Å². The van der Waals surface area contributed by atoms with Gasteiger partial charge < -0.3 is 13.8 Å². The molecule has 166 valence electrons. The van der Waals surface area contributed by atoms with Gasteiger partial charge in [0.1, 0.15) is 6.61 Å². The van der Waals surface area contributed by atoms with Crippen molar-refractivity contribution in [3.8, 4) is 0 Å². The molecule has 0 rings (SSSR count). The van der Waals surface area contributed by atoms with E-state index in [2.05, 4.69) is 20.4 Å². The van der Waals surface area contributed by atoms with E-state index in [4.69, 9.17) is 13.8 Å². The van der Waals surface area contributed by atoms with Crippen LogP contribution in [-0.2, 0) is 23.1 Å². The molecule has 0 N–H and O–H groups in total. The summed E-state index contributed by atoms with van der Waals surface area (Å²) < 4.78 is 29.3. The van der Waals surface area contributed by atoms with Gasteiger partial charge in [-0.05, 0) is 19.8 Å². The third-order valence-corrected chi connectivity index (χ3v) is 6.40. The average Bonchev–Trinajstić information content (AvgIpc) is 2.66. The summed E-state index contributed by atoms with van der Waals surface area (Å²) in [5.74, 6) is -0.474. The third-order valence-electron chi connectivity index (χ3n) is 4.52. The van der Waals surface area contributed by atoms with Crippen LogP contribution in [0, 0.1) is 0 Å². The molecular formula is C22H43O5P. The molecule has 0 aliphatic carbocycles. The quantitative estimate of drug-likeness (QED) is 0.0917. The molecular weight excluding hydrogens is 375 g/mol. The van der Waals surface area contributed by atoms with Gasteiger partial charge in [0.25, 0.3) is 0 Å². The van der Waals surface area contributed by atoms with E-state index < -0.39 is 13.6 Å². The van der Waals surface area contributed by atoms with Crippen molar-refractivity contribution >= 4 is 13.6 Å². The number of hydrogen-bond acceptors (Lipinski definition) is 5. The van der Waals surface area contributed by atoms with Crippen LogP contribution in [0.4, 0.5) is 0 Å². The Balaban J connectivity index is 4.22. The van der Waals surface area contributed by atoms with Crippen LogP contribution in [0.2, 0.25) is 0 Å². The molecule has 0 heterocycles. The maximum atomic E-state index is 13.0. The van der Waals surface area contributed by atoms with Crippen LogP contribution in [0.25, 0.3) is 0 Å². The highest BCUT2D eigenvalue weighted by Gasteiger charge is 2.25. The first-order valence-electron chi connectivity index (χ1n) is 11.2. The standard InChI is InChI=1S/C22H43O5P/c1-5-7-9-11-13-15-17-26-28(24,20-19-25-22(23)21(3)4)27-18-16-14-12-10-8-6-2/h3,5-20H2,1-2,4H3. The fourth-order valence-corrected chi connectivity index (χ4v) is 4.17. The van der Waals surface area contributed by atoms with E-state index in [1.165, 1.54) is 51.4 Å². The van der Waals surface area contributed by atoms with Gasteiger partial charge in [-0.1, -0.05) is 84.6 Å².